The topological polar surface area (TPSA) is 0 Å². The second kappa shape index (κ2) is 5.91. The standard InChI is InChI=1S/C18H13.C2H6Si.Zr/c1-2-7-13(6-1)15-10-5-11-17-16-9-4-3-8-14(16)12-18(15)17;1-3-2;/h1-6,8-12H,7H2;1-2H3;. The zero-order valence-corrected chi connectivity index (χ0v) is 16.5. The Morgan fingerprint density at radius 3 is 2.50 bits per heavy atom. The average Bonchev–Trinajstić information content (AvgIpc) is 3.15. The normalized spacial score (nSPS) is 17.7. The van der Waals surface area contributed by atoms with E-state index < -0.39 is 21.9 Å². The van der Waals surface area contributed by atoms with Crippen LogP contribution in [-0.4, -0.2) is 5.43 Å². The third-order valence-corrected chi connectivity index (χ3v) is 13.2. The van der Waals surface area contributed by atoms with Gasteiger partial charge in [-0.2, -0.15) is 0 Å². The summed E-state index contributed by atoms with van der Waals surface area (Å²) in [4.78, 5) is 0. The Balaban J connectivity index is 1.98. The zero-order valence-electron chi connectivity index (χ0n) is 13.1. The van der Waals surface area contributed by atoms with Crippen molar-refractivity contribution >= 4 is 11.0 Å². The molecule has 0 fully saturated rings. The van der Waals surface area contributed by atoms with Gasteiger partial charge in [0.25, 0.3) is 0 Å². The third-order valence-electron chi connectivity index (χ3n) is 4.51. The first kappa shape index (κ1) is 14.6. The molecule has 107 valence electrons. The first-order valence-electron chi connectivity index (χ1n) is 7.90. The van der Waals surface area contributed by atoms with E-state index in [2.05, 4.69) is 73.8 Å². The van der Waals surface area contributed by atoms with Gasteiger partial charge in [0.2, 0.25) is 0 Å². The van der Waals surface area contributed by atoms with Crippen LogP contribution in [0.5, 0.6) is 0 Å². The molecule has 1 unspecified atom stereocenters. The van der Waals surface area contributed by atoms with Crippen molar-refractivity contribution in [3.05, 3.63) is 77.4 Å². The molecule has 22 heavy (non-hydrogen) atoms. The molecule has 0 heterocycles. The van der Waals surface area contributed by atoms with E-state index in [9.17, 15) is 0 Å². The molecule has 0 aromatic heterocycles. The monoisotopic (exact) mass is 377 g/mol. The summed E-state index contributed by atoms with van der Waals surface area (Å²) in [5, 5.41) is 0. The van der Waals surface area contributed by atoms with E-state index in [0.29, 0.717) is 0 Å². The molecule has 0 N–H and O–H groups in total. The zero-order chi connectivity index (χ0) is 15.1. The van der Waals surface area contributed by atoms with Gasteiger partial charge in [-0.25, -0.2) is 0 Å². The number of benzene rings is 2. The fourth-order valence-electron chi connectivity index (χ4n) is 3.63. The van der Waals surface area contributed by atoms with Gasteiger partial charge in [0.15, 0.2) is 0 Å². The maximum absolute atomic E-state index is 2.51. The Hall–Kier alpha value is -0.980. The molecule has 0 bridgehead atoms. The van der Waals surface area contributed by atoms with Crippen molar-refractivity contribution in [3.63, 3.8) is 0 Å². The Morgan fingerprint density at radius 2 is 1.73 bits per heavy atom. The van der Waals surface area contributed by atoms with Gasteiger partial charge in [-0.05, 0) is 0 Å². The van der Waals surface area contributed by atoms with E-state index >= 15 is 0 Å². The van der Waals surface area contributed by atoms with Crippen LogP contribution in [0.2, 0.25) is 13.1 Å². The van der Waals surface area contributed by atoms with Crippen molar-refractivity contribution in [2.24, 2.45) is 0 Å². The van der Waals surface area contributed by atoms with Crippen LogP contribution in [0, 0.1) is 0 Å². The Bertz CT molecular complexity index is 839. The van der Waals surface area contributed by atoms with Crippen LogP contribution < -0.4 is 0 Å². The van der Waals surface area contributed by atoms with E-state index in [1.807, 2.05) is 0 Å². The van der Waals surface area contributed by atoms with Gasteiger partial charge in [0, 0.05) is 0 Å². The predicted molar refractivity (Wildman–Crippen MR) is 92.9 cm³/mol. The van der Waals surface area contributed by atoms with Crippen molar-refractivity contribution in [3.8, 4) is 11.1 Å². The summed E-state index contributed by atoms with van der Waals surface area (Å²) < 4.78 is 0.761. The third kappa shape index (κ3) is 2.37. The molecule has 2 aliphatic carbocycles. The Labute approximate surface area is 144 Å². The van der Waals surface area contributed by atoms with Crippen molar-refractivity contribution in [1.29, 1.82) is 0 Å². The quantitative estimate of drug-likeness (QED) is 0.611. The molecule has 0 nitrogen and oxygen atoms in total. The summed E-state index contributed by atoms with van der Waals surface area (Å²) in [6, 6.07) is 16.1. The second-order valence-corrected chi connectivity index (χ2v) is 19.5. The van der Waals surface area contributed by atoms with Gasteiger partial charge in [-0.15, -0.1) is 0 Å². The van der Waals surface area contributed by atoms with Crippen molar-refractivity contribution in [2.45, 2.75) is 23.1 Å². The fraction of sp³-hybridized carbons (Fsp3) is 0.200. The second-order valence-electron chi connectivity index (χ2n) is 6.26. The molecule has 0 saturated carbocycles. The van der Waals surface area contributed by atoms with Gasteiger partial charge in [-0.1, -0.05) is 0 Å². The van der Waals surface area contributed by atoms with Crippen molar-refractivity contribution < 1.29 is 21.9 Å². The van der Waals surface area contributed by atoms with E-state index in [4.69, 9.17) is 0 Å². The molecule has 0 aliphatic heterocycles. The molecular weight excluding hydrogens is 360 g/mol. The van der Waals surface area contributed by atoms with E-state index in [1.54, 1.807) is 11.1 Å². The summed E-state index contributed by atoms with van der Waals surface area (Å²) in [6.45, 7) is 5.02. The van der Waals surface area contributed by atoms with Gasteiger partial charge in [-0.3, -0.25) is 0 Å². The summed E-state index contributed by atoms with van der Waals surface area (Å²) >= 11 is -0.406. The minimum absolute atomic E-state index is 0.105. The van der Waals surface area contributed by atoms with E-state index in [-0.39, 0.29) is 5.43 Å². The molecule has 0 radical (unpaired) electrons. The van der Waals surface area contributed by atoms with Crippen molar-refractivity contribution in [1.82, 2.24) is 0 Å². The van der Waals surface area contributed by atoms with Gasteiger partial charge < -0.3 is 0 Å². The average molecular weight is 379 g/mol. The molecule has 2 aromatic carbocycles. The molecule has 0 saturated heterocycles. The van der Waals surface area contributed by atoms with Crippen LogP contribution in [0.1, 0.15) is 26.7 Å². The predicted octanol–water partition coefficient (Wildman–Crippen LogP) is 5.43. The summed E-state index contributed by atoms with van der Waals surface area (Å²) in [6.07, 6.45) is 7.90. The first-order valence-corrected chi connectivity index (χ1v) is 15.5. The molecular formula is C20H19SiZr. The molecule has 0 amide bonds. The maximum atomic E-state index is 2.51. The summed E-state index contributed by atoms with van der Waals surface area (Å²) in [5.41, 5.74) is 9.22. The Kier molecular flexibility index (Phi) is 3.92. The number of allylic oxidation sites excluding steroid dienone is 4. The van der Waals surface area contributed by atoms with Crippen LogP contribution in [-0.2, 0) is 21.9 Å². The van der Waals surface area contributed by atoms with Crippen molar-refractivity contribution in [2.75, 3.05) is 0 Å². The summed E-state index contributed by atoms with van der Waals surface area (Å²) in [7, 11) is 0. The van der Waals surface area contributed by atoms with Crippen LogP contribution in [0.25, 0.3) is 16.7 Å². The van der Waals surface area contributed by atoms with Crippen LogP contribution >= 0.6 is 0 Å². The van der Waals surface area contributed by atoms with Gasteiger partial charge in [0.1, 0.15) is 0 Å². The molecule has 4 rings (SSSR count). The molecule has 1 atom stereocenters. The van der Waals surface area contributed by atoms with Crippen LogP contribution in [0.3, 0.4) is 0 Å². The van der Waals surface area contributed by atoms with Gasteiger partial charge in [0.05, 0.1) is 0 Å². The summed E-state index contributed by atoms with van der Waals surface area (Å²) in [5.74, 6) is 0. The molecule has 2 aromatic rings. The van der Waals surface area contributed by atoms with Gasteiger partial charge >= 0.3 is 145 Å². The Morgan fingerprint density at radius 1 is 0.955 bits per heavy atom. The van der Waals surface area contributed by atoms with E-state index in [1.165, 1.54) is 22.3 Å². The fourth-order valence-corrected chi connectivity index (χ4v) is 12.4. The SMILES string of the molecule is C[Si](C)=[Zr][CH]1c2ccccc2-c2cccc(C3=CC=CC3)c21. The minimum atomic E-state index is -0.406. The number of hydrogen-bond donors (Lipinski definition) is 0. The molecule has 0 spiro atoms. The van der Waals surface area contributed by atoms with Crippen LogP contribution in [0.15, 0.2) is 60.7 Å². The van der Waals surface area contributed by atoms with Crippen LogP contribution in [0.4, 0.5) is 0 Å². The number of hydrogen-bond acceptors (Lipinski definition) is 0. The first-order chi connectivity index (χ1) is 10.8. The number of fused-ring (bicyclic) bond motifs is 3. The number of rotatable bonds is 2. The molecule has 2 aliphatic rings. The molecule has 2 heteroatoms. The van der Waals surface area contributed by atoms with E-state index in [0.717, 1.165) is 10.0 Å².